The van der Waals surface area contributed by atoms with Crippen molar-refractivity contribution in [1.82, 2.24) is 0 Å². The van der Waals surface area contributed by atoms with Crippen molar-refractivity contribution in [3.63, 3.8) is 0 Å². The van der Waals surface area contributed by atoms with E-state index in [0.29, 0.717) is 38.4 Å². The van der Waals surface area contributed by atoms with E-state index in [0.717, 1.165) is 0 Å². The van der Waals surface area contributed by atoms with Gasteiger partial charge < -0.3 is 14.3 Å². The van der Waals surface area contributed by atoms with Crippen LogP contribution in [0.15, 0.2) is 51.9 Å². The zero-order valence-corrected chi connectivity index (χ0v) is 14.2. The summed E-state index contributed by atoms with van der Waals surface area (Å²) in [6.07, 6.45) is 1.69. The number of benzene rings is 2. The van der Waals surface area contributed by atoms with Crippen molar-refractivity contribution in [3.8, 4) is 5.75 Å². The van der Waals surface area contributed by atoms with Gasteiger partial charge in [-0.3, -0.25) is 4.79 Å². The molecule has 1 aromatic heterocycles. The van der Waals surface area contributed by atoms with Gasteiger partial charge in [0, 0.05) is 17.0 Å². The van der Waals surface area contributed by atoms with Crippen molar-refractivity contribution in [2.75, 3.05) is 6.61 Å². The second-order valence-electron chi connectivity index (χ2n) is 5.60. The molecular weight excluding hydrogens is 344 g/mol. The molecule has 0 saturated heterocycles. The first-order valence-corrected chi connectivity index (χ1v) is 7.97. The van der Waals surface area contributed by atoms with Crippen molar-refractivity contribution in [2.24, 2.45) is 0 Å². The second-order valence-corrected chi connectivity index (χ2v) is 6.01. The smallest absolute Gasteiger partial charge is 0.341 e. The van der Waals surface area contributed by atoms with Gasteiger partial charge in [0.15, 0.2) is 12.0 Å². The fourth-order valence-electron chi connectivity index (χ4n) is 2.65. The van der Waals surface area contributed by atoms with Crippen LogP contribution in [0.5, 0.6) is 5.75 Å². The van der Waals surface area contributed by atoms with Gasteiger partial charge in [-0.25, -0.2) is 4.79 Å². The molecule has 0 radical (unpaired) electrons. The van der Waals surface area contributed by atoms with Gasteiger partial charge in [0.25, 0.3) is 0 Å². The Kier molecular flexibility index (Phi) is 4.76. The fourth-order valence-corrected chi connectivity index (χ4v) is 2.81. The lowest BCUT2D eigenvalue weighted by Gasteiger charge is -2.10. The zero-order valence-electron chi connectivity index (χ0n) is 13.4. The number of aliphatic carboxylic acids is 1. The first-order chi connectivity index (χ1) is 12.0. The standard InChI is InChI=1S/C19H15ClO5/c1-11-14(20)6-7-16-18(11)19(23)13(9-24-16)8-12-4-2-3-5-15(12)25-10-17(21)22/h2-7,9H,8,10H2,1H3,(H,21,22). The average molecular weight is 359 g/mol. The highest BCUT2D eigenvalue weighted by Gasteiger charge is 2.14. The van der Waals surface area contributed by atoms with Crippen LogP contribution in [0.1, 0.15) is 16.7 Å². The first kappa shape index (κ1) is 17.0. The Balaban J connectivity index is 2.02. The molecule has 0 saturated carbocycles. The van der Waals surface area contributed by atoms with Crippen molar-refractivity contribution in [3.05, 3.63) is 74.6 Å². The molecule has 1 heterocycles. The zero-order chi connectivity index (χ0) is 18.0. The maximum Gasteiger partial charge on any atom is 0.341 e. The van der Waals surface area contributed by atoms with E-state index < -0.39 is 12.6 Å². The summed E-state index contributed by atoms with van der Waals surface area (Å²) in [5.41, 5.74) is 2.14. The molecular formula is C19H15ClO5. The highest BCUT2D eigenvalue weighted by molar-refractivity contribution is 6.32. The quantitative estimate of drug-likeness (QED) is 0.750. The number of carboxylic acid groups (broad SMARTS) is 1. The summed E-state index contributed by atoms with van der Waals surface area (Å²) in [6.45, 7) is 1.33. The highest BCUT2D eigenvalue weighted by atomic mass is 35.5. The predicted molar refractivity (Wildman–Crippen MR) is 94.6 cm³/mol. The molecule has 0 aliphatic heterocycles. The highest BCUT2D eigenvalue weighted by Crippen LogP contribution is 2.25. The minimum atomic E-state index is -1.06. The molecule has 0 spiro atoms. The predicted octanol–water partition coefficient (Wildman–Crippen LogP) is 3.81. The molecule has 0 fully saturated rings. The van der Waals surface area contributed by atoms with Crippen LogP contribution >= 0.6 is 11.6 Å². The van der Waals surface area contributed by atoms with Crippen molar-refractivity contribution in [2.45, 2.75) is 13.3 Å². The van der Waals surface area contributed by atoms with Crippen LogP contribution < -0.4 is 10.2 Å². The van der Waals surface area contributed by atoms with Gasteiger partial charge in [0.2, 0.25) is 0 Å². The molecule has 3 aromatic rings. The summed E-state index contributed by atoms with van der Waals surface area (Å²) in [5, 5.41) is 9.73. The lowest BCUT2D eigenvalue weighted by atomic mass is 10.0. The fraction of sp³-hybridized carbons (Fsp3) is 0.158. The Morgan fingerprint density at radius 2 is 1.96 bits per heavy atom. The third-order valence-corrected chi connectivity index (χ3v) is 4.32. The number of aryl methyl sites for hydroxylation is 1. The Bertz CT molecular complexity index is 1010. The van der Waals surface area contributed by atoms with E-state index in [1.54, 1.807) is 43.3 Å². The van der Waals surface area contributed by atoms with E-state index in [1.807, 2.05) is 0 Å². The molecule has 128 valence electrons. The van der Waals surface area contributed by atoms with Gasteiger partial charge in [-0.15, -0.1) is 0 Å². The number of hydrogen-bond donors (Lipinski definition) is 1. The average Bonchev–Trinajstić information content (AvgIpc) is 2.59. The maximum atomic E-state index is 12.8. The third kappa shape index (κ3) is 3.51. The van der Waals surface area contributed by atoms with Gasteiger partial charge >= 0.3 is 5.97 Å². The van der Waals surface area contributed by atoms with Gasteiger partial charge in [-0.1, -0.05) is 29.8 Å². The molecule has 6 heteroatoms. The van der Waals surface area contributed by atoms with Crippen LogP contribution in [0.2, 0.25) is 5.02 Å². The van der Waals surface area contributed by atoms with Crippen LogP contribution in [0.3, 0.4) is 0 Å². The molecule has 0 bridgehead atoms. The van der Waals surface area contributed by atoms with E-state index in [-0.39, 0.29) is 11.8 Å². The molecule has 0 atom stereocenters. The van der Waals surface area contributed by atoms with Crippen LogP contribution in [-0.4, -0.2) is 17.7 Å². The Morgan fingerprint density at radius 1 is 1.20 bits per heavy atom. The molecule has 0 aliphatic rings. The van der Waals surface area contributed by atoms with Gasteiger partial charge in [0.05, 0.1) is 11.6 Å². The molecule has 5 nitrogen and oxygen atoms in total. The topological polar surface area (TPSA) is 76.7 Å². The number of fused-ring (bicyclic) bond motifs is 1. The number of carbonyl (C=O) groups is 1. The van der Waals surface area contributed by atoms with Crippen LogP contribution in [0, 0.1) is 6.92 Å². The summed E-state index contributed by atoms with van der Waals surface area (Å²) in [6, 6.07) is 10.4. The van der Waals surface area contributed by atoms with Crippen LogP contribution in [0.4, 0.5) is 0 Å². The Labute approximate surface area is 148 Å². The van der Waals surface area contributed by atoms with Crippen molar-refractivity contribution in [1.29, 1.82) is 0 Å². The Morgan fingerprint density at radius 3 is 2.72 bits per heavy atom. The van der Waals surface area contributed by atoms with Gasteiger partial charge in [-0.05, 0) is 36.2 Å². The lowest BCUT2D eigenvalue weighted by molar-refractivity contribution is -0.139. The summed E-state index contributed by atoms with van der Waals surface area (Å²) < 4.78 is 10.9. The van der Waals surface area contributed by atoms with Crippen LogP contribution in [-0.2, 0) is 11.2 Å². The number of carboxylic acids is 1. The first-order valence-electron chi connectivity index (χ1n) is 7.59. The molecule has 0 unspecified atom stereocenters. The SMILES string of the molecule is Cc1c(Cl)ccc2occ(Cc3ccccc3OCC(=O)O)c(=O)c12. The Hall–Kier alpha value is -2.79. The van der Waals surface area contributed by atoms with Crippen LogP contribution in [0.25, 0.3) is 11.0 Å². The third-order valence-electron chi connectivity index (χ3n) is 3.91. The summed E-state index contributed by atoms with van der Waals surface area (Å²) in [7, 11) is 0. The second kappa shape index (κ2) is 6.99. The van der Waals surface area contributed by atoms with Gasteiger partial charge in [-0.2, -0.15) is 0 Å². The van der Waals surface area contributed by atoms with E-state index >= 15 is 0 Å². The molecule has 25 heavy (non-hydrogen) atoms. The number of hydrogen-bond acceptors (Lipinski definition) is 4. The number of ether oxygens (including phenoxy) is 1. The van der Waals surface area contributed by atoms with Crippen molar-refractivity contribution >= 4 is 28.5 Å². The normalized spacial score (nSPS) is 10.8. The minimum Gasteiger partial charge on any atom is -0.482 e. The van der Waals surface area contributed by atoms with Crippen molar-refractivity contribution < 1.29 is 19.1 Å². The van der Waals surface area contributed by atoms with E-state index in [1.165, 1.54) is 6.26 Å². The monoisotopic (exact) mass is 358 g/mol. The maximum absolute atomic E-state index is 12.8. The molecule has 0 amide bonds. The molecule has 0 aliphatic carbocycles. The minimum absolute atomic E-state index is 0.158. The largest absolute Gasteiger partial charge is 0.482 e. The summed E-state index contributed by atoms with van der Waals surface area (Å²) in [4.78, 5) is 23.5. The van der Waals surface area contributed by atoms with E-state index in [2.05, 4.69) is 0 Å². The molecule has 1 N–H and O–H groups in total. The summed E-state index contributed by atoms with van der Waals surface area (Å²) >= 11 is 6.11. The van der Waals surface area contributed by atoms with E-state index in [4.69, 9.17) is 25.9 Å². The molecule has 3 rings (SSSR count). The number of para-hydroxylation sites is 1. The summed E-state index contributed by atoms with van der Waals surface area (Å²) in [5.74, 6) is -0.641. The van der Waals surface area contributed by atoms with Gasteiger partial charge in [0.1, 0.15) is 11.3 Å². The lowest BCUT2D eigenvalue weighted by Crippen LogP contribution is -2.13. The van der Waals surface area contributed by atoms with E-state index in [9.17, 15) is 9.59 Å². The number of halogens is 1. The number of rotatable bonds is 5. The molecule has 2 aromatic carbocycles.